The van der Waals surface area contributed by atoms with E-state index in [-0.39, 0.29) is 17.2 Å². The highest BCUT2D eigenvalue weighted by Gasteiger charge is 2.07. The Labute approximate surface area is 96.1 Å². The third-order valence-electron chi connectivity index (χ3n) is 1.22. The van der Waals surface area contributed by atoms with Gasteiger partial charge in [-0.25, -0.2) is 0 Å². The first-order valence-electron chi connectivity index (χ1n) is 4.34. The molecule has 0 atom stereocenters. The quantitative estimate of drug-likeness (QED) is 0.659. The standard InChI is InChI=1S/C9H10Cl2O.C2H6/c1-4-9(11)8(7(3)10)5-6(2)12;1-2/h4H,1,3,5H2,2H3;1-2H3/b9-8+;. The van der Waals surface area contributed by atoms with E-state index in [9.17, 15) is 4.79 Å². The molecule has 0 aliphatic rings. The van der Waals surface area contributed by atoms with Gasteiger partial charge in [0.25, 0.3) is 0 Å². The summed E-state index contributed by atoms with van der Waals surface area (Å²) in [4.78, 5) is 10.8. The van der Waals surface area contributed by atoms with Crippen LogP contribution in [0.2, 0.25) is 0 Å². The fraction of sp³-hybridized carbons (Fsp3) is 0.364. The average Bonchev–Trinajstić information content (AvgIpc) is 2.15. The second-order valence-corrected chi connectivity index (χ2v) is 3.18. The zero-order valence-electron chi connectivity index (χ0n) is 8.86. The summed E-state index contributed by atoms with van der Waals surface area (Å²) in [7, 11) is 0. The van der Waals surface area contributed by atoms with Gasteiger partial charge in [-0.2, -0.15) is 0 Å². The molecule has 0 heterocycles. The summed E-state index contributed by atoms with van der Waals surface area (Å²) in [6, 6.07) is 0. The molecule has 3 heteroatoms. The van der Waals surface area contributed by atoms with Gasteiger partial charge >= 0.3 is 0 Å². The van der Waals surface area contributed by atoms with Crippen molar-refractivity contribution in [2.75, 3.05) is 0 Å². The number of carbonyl (C=O) groups excluding carboxylic acids is 1. The molecular weight excluding hydrogens is 219 g/mol. The van der Waals surface area contributed by atoms with Crippen LogP contribution in [-0.4, -0.2) is 5.78 Å². The molecule has 0 saturated heterocycles. The van der Waals surface area contributed by atoms with Crippen molar-refractivity contribution in [3.05, 3.63) is 34.9 Å². The SMILES string of the molecule is C=C/C(Cl)=C(/CC(C)=O)C(=C)Cl.CC. The summed E-state index contributed by atoms with van der Waals surface area (Å²) >= 11 is 11.4. The Balaban J connectivity index is 0. The van der Waals surface area contributed by atoms with Gasteiger partial charge in [0, 0.05) is 16.5 Å². The number of halogens is 2. The van der Waals surface area contributed by atoms with Crippen LogP contribution in [0.5, 0.6) is 0 Å². The molecule has 0 aliphatic carbocycles. The monoisotopic (exact) mass is 234 g/mol. The lowest BCUT2D eigenvalue weighted by Crippen LogP contribution is -1.95. The van der Waals surface area contributed by atoms with E-state index in [4.69, 9.17) is 23.2 Å². The molecule has 0 aromatic heterocycles. The van der Waals surface area contributed by atoms with Gasteiger partial charge in [-0.15, -0.1) is 0 Å². The highest BCUT2D eigenvalue weighted by molar-refractivity contribution is 6.36. The van der Waals surface area contributed by atoms with Gasteiger partial charge in [0.05, 0.1) is 0 Å². The van der Waals surface area contributed by atoms with Crippen LogP contribution in [0.3, 0.4) is 0 Å². The maximum absolute atomic E-state index is 10.8. The number of Topliss-reactive ketones (excluding diaryl/α,β-unsaturated/α-hetero) is 1. The number of allylic oxidation sites excluding steroid dienone is 4. The van der Waals surface area contributed by atoms with Gasteiger partial charge in [0.1, 0.15) is 5.78 Å². The fourth-order valence-electron chi connectivity index (χ4n) is 0.682. The molecular formula is C11H16Cl2O. The van der Waals surface area contributed by atoms with Crippen LogP contribution in [0.25, 0.3) is 0 Å². The molecule has 0 radical (unpaired) electrons. The van der Waals surface area contributed by atoms with Crippen LogP contribution in [0.4, 0.5) is 0 Å². The molecule has 80 valence electrons. The van der Waals surface area contributed by atoms with Crippen molar-refractivity contribution < 1.29 is 4.79 Å². The highest BCUT2D eigenvalue weighted by Crippen LogP contribution is 2.23. The lowest BCUT2D eigenvalue weighted by atomic mass is 10.1. The minimum absolute atomic E-state index is 0.00759. The van der Waals surface area contributed by atoms with E-state index in [0.717, 1.165) is 0 Å². The summed E-state index contributed by atoms with van der Waals surface area (Å²) in [5.74, 6) is -0.00759. The van der Waals surface area contributed by atoms with E-state index in [1.807, 2.05) is 13.8 Å². The predicted molar refractivity (Wildman–Crippen MR) is 64.7 cm³/mol. The van der Waals surface area contributed by atoms with Crippen LogP contribution >= 0.6 is 23.2 Å². The Morgan fingerprint density at radius 1 is 1.36 bits per heavy atom. The van der Waals surface area contributed by atoms with Crippen LogP contribution in [-0.2, 0) is 4.79 Å². The molecule has 0 aromatic carbocycles. The van der Waals surface area contributed by atoms with Crippen molar-refractivity contribution in [2.24, 2.45) is 0 Å². The molecule has 0 spiro atoms. The maximum atomic E-state index is 10.8. The summed E-state index contributed by atoms with van der Waals surface area (Å²) in [6.45, 7) is 12.4. The number of hydrogen-bond acceptors (Lipinski definition) is 1. The number of rotatable bonds is 4. The Bertz CT molecular complexity index is 252. The van der Waals surface area contributed by atoms with Gasteiger partial charge in [-0.05, 0) is 12.5 Å². The molecule has 0 unspecified atom stereocenters. The molecule has 0 aliphatic heterocycles. The third kappa shape index (κ3) is 6.93. The number of hydrogen-bond donors (Lipinski definition) is 0. The molecule has 1 nitrogen and oxygen atoms in total. The van der Waals surface area contributed by atoms with Crippen molar-refractivity contribution >= 4 is 29.0 Å². The molecule has 0 bridgehead atoms. The maximum Gasteiger partial charge on any atom is 0.134 e. The first-order valence-corrected chi connectivity index (χ1v) is 5.10. The molecule has 0 N–H and O–H groups in total. The van der Waals surface area contributed by atoms with Gasteiger partial charge < -0.3 is 0 Å². The second kappa shape index (κ2) is 9.04. The number of ketones is 1. The first-order chi connectivity index (χ1) is 6.49. The van der Waals surface area contributed by atoms with Gasteiger partial charge in [0.2, 0.25) is 0 Å². The fourth-order valence-corrected chi connectivity index (χ4v) is 1.08. The summed E-state index contributed by atoms with van der Waals surface area (Å²) in [5.41, 5.74) is 0.542. The molecule has 14 heavy (non-hydrogen) atoms. The van der Waals surface area contributed by atoms with Crippen LogP contribution in [0.1, 0.15) is 27.2 Å². The minimum atomic E-state index is -0.00759. The molecule has 0 fully saturated rings. The summed E-state index contributed by atoms with van der Waals surface area (Å²) < 4.78 is 0. The Morgan fingerprint density at radius 2 is 1.79 bits per heavy atom. The zero-order valence-corrected chi connectivity index (χ0v) is 10.4. The second-order valence-electron chi connectivity index (χ2n) is 2.31. The summed E-state index contributed by atoms with van der Waals surface area (Å²) in [6.07, 6.45) is 1.64. The van der Waals surface area contributed by atoms with Crippen molar-refractivity contribution in [1.29, 1.82) is 0 Å². The van der Waals surface area contributed by atoms with Crippen molar-refractivity contribution in [1.82, 2.24) is 0 Å². The summed E-state index contributed by atoms with van der Waals surface area (Å²) in [5, 5.41) is 0.667. The van der Waals surface area contributed by atoms with Crippen LogP contribution in [0, 0.1) is 0 Å². The normalized spacial score (nSPS) is 10.6. The lowest BCUT2D eigenvalue weighted by molar-refractivity contribution is -0.116. The van der Waals surface area contributed by atoms with Crippen molar-refractivity contribution in [2.45, 2.75) is 27.2 Å². The largest absolute Gasteiger partial charge is 0.300 e. The Morgan fingerprint density at radius 3 is 2.00 bits per heavy atom. The molecule has 0 aromatic rings. The van der Waals surface area contributed by atoms with Gasteiger partial charge in [-0.1, -0.05) is 56.3 Å². The van der Waals surface area contributed by atoms with Gasteiger partial charge in [0.15, 0.2) is 0 Å². The third-order valence-corrected chi connectivity index (χ3v) is 1.83. The average molecular weight is 235 g/mol. The van der Waals surface area contributed by atoms with Crippen molar-refractivity contribution in [3.8, 4) is 0 Å². The molecule has 0 amide bonds. The van der Waals surface area contributed by atoms with Crippen molar-refractivity contribution in [3.63, 3.8) is 0 Å². The Hall–Kier alpha value is -0.530. The van der Waals surface area contributed by atoms with Gasteiger partial charge in [-0.3, -0.25) is 4.79 Å². The topological polar surface area (TPSA) is 17.1 Å². The van der Waals surface area contributed by atoms with Crippen LogP contribution in [0.15, 0.2) is 34.9 Å². The molecule has 0 saturated carbocycles. The van der Waals surface area contributed by atoms with E-state index in [2.05, 4.69) is 13.2 Å². The van der Waals surface area contributed by atoms with E-state index in [1.165, 1.54) is 13.0 Å². The minimum Gasteiger partial charge on any atom is -0.300 e. The predicted octanol–water partition coefficient (Wildman–Crippen LogP) is 4.42. The lowest BCUT2D eigenvalue weighted by Gasteiger charge is -2.03. The molecule has 0 rings (SSSR count). The smallest absolute Gasteiger partial charge is 0.134 e. The van der Waals surface area contributed by atoms with E-state index < -0.39 is 0 Å². The number of carbonyl (C=O) groups is 1. The van der Waals surface area contributed by atoms with Crippen LogP contribution < -0.4 is 0 Å². The first kappa shape index (κ1) is 15.9. The zero-order chi connectivity index (χ0) is 11.7. The van der Waals surface area contributed by atoms with E-state index in [1.54, 1.807) is 0 Å². The highest BCUT2D eigenvalue weighted by atomic mass is 35.5. The van der Waals surface area contributed by atoms with E-state index in [0.29, 0.717) is 10.6 Å². The van der Waals surface area contributed by atoms with E-state index >= 15 is 0 Å². The Kier molecular flexibility index (Phi) is 10.3.